The Balaban J connectivity index is 0.00000210. The molecule has 0 radical (unpaired) electrons. The molecule has 0 aromatic heterocycles. The van der Waals surface area contributed by atoms with Crippen molar-refractivity contribution in [2.75, 3.05) is 32.8 Å². The summed E-state index contributed by atoms with van der Waals surface area (Å²) in [6.45, 7) is 2.93. The lowest BCUT2D eigenvalue weighted by Gasteiger charge is -2.49. The molecule has 3 heterocycles. The maximum Gasteiger partial charge on any atom is 0.231 e. The topological polar surface area (TPSA) is 82.0 Å². The number of nitrogens with one attached hydrogen (secondary N) is 1. The molecule has 6 nitrogen and oxygen atoms in total. The highest BCUT2D eigenvalue weighted by Gasteiger charge is 2.49. The van der Waals surface area contributed by atoms with Gasteiger partial charge in [-0.15, -0.1) is 12.4 Å². The minimum absolute atomic E-state index is 0. The predicted octanol–water partition coefficient (Wildman–Crippen LogP) is 0.744. The van der Waals surface area contributed by atoms with Crippen molar-refractivity contribution in [3.8, 4) is 0 Å². The molecule has 0 bridgehead atoms. The van der Waals surface area contributed by atoms with Crippen LogP contribution in [0.3, 0.4) is 0 Å². The van der Waals surface area contributed by atoms with E-state index in [0.717, 1.165) is 32.4 Å². The molecule has 3 fully saturated rings. The summed E-state index contributed by atoms with van der Waals surface area (Å²) in [5, 5.41) is 22.9. The third-order valence-corrected chi connectivity index (χ3v) is 6.31. The Morgan fingerprint density at radius 3 is 2.37 bits per heavy atom. The predicted molar refractivity (Wildman–Crippen MR) is 104 cm³/mol. The summed E-state index contributed by atoms with van der Waals surface area (Å²) in [7, 11) is 0. The van der Waals surface area contributed by atoms with Crippen LogP contribution < -0.4 is 5.32 Å². The number of piperidine rings is 1. The number of nitrogens with zero attached hydrogens (tertiary/aromatic N) is 1. The summed E-state index contributed by atoms with van der Waals surface area (Å²) in [5.41, 5.74) is 0.470. The van der Waals surface area contributed by atoms with Gasteiger partial charge in [-0.2, -0.15) is 0 Å². The van der Waals surface area contributed by atoms with E-state index < -0.39 is 12.2 Å². The SMILES string of the molecule is Cl.O=C(N1CCC2(CC1)C[C@@H](O)[C@@H](O)CO2)C1(Cc2ccccc2)CNC1. The van der Waals surface area contributed by atoms with Crippen LogP contribution in [0.1, 0.15) is 24.8 Å². The van der Waals surface area contributed by atoms with Gasteiger partial charge < -0.3 is 25.2 Å². The number of hydrogen-bond acceptors (Lipinski definition) is 5. The van der Waals surface area contributed by atoms with Crippen LogP contribution in [0.15, 0.2) is 30.3 Å². The van der Waals surface area contributed by atoms with E-state index in [1.807, 2.05) is 23.1 Å². The van der Waals surface area contributed by atoms with Crippen molar-refractivity contribution in [2.45, 2.75) is 43.5 Å². The lowest BCUT2D eigenvalue weighted by molar-refractivity contribution is -0.190. The number of benzene rings is 1. The van der Waals surface area contributed by atoms with Crippen molar-refractivity contribution in [1.29, 1.82) is 0 Å². The maximum atomic E-state index is 13.3. The van der Waals surface area contributed by atoms with Crippen molar-refractivity contribution in [3.63, 3.8) is 0 Å². The van der Waals surface area contributed by atoms with Gasteiger partial charge >= 0.3 is 0 Å². The first kappa shape index (κ1) is 20.6. The minimum Gasteiger partial charge on any atom is -0.390 e. The highest BCUT2D eigenvalue weighted by molar-refractivity contribution is 5.85. The fourth-order valence-electron chi connectivity index (χ4n) is 4.52. The van der Waals surface area contributed by atoms with E-state index in [2.05, 4.69) is 17.4 Å². The Labute approximate surface area is 166 Å². The summed E-state index contributed by atoms with van der Waals surface area (Å²) in [6.07, 6.45) is 1.13. The fraction of sp³-hybridized carbons (Fsp3) is 0.650. The number of halogens is 1. The van der Waals surface area contributed by atoms with Crippen LogP contribution in [0, 0.1) is 5.41 Å². The third kappa shape index (κ3) is 4.00. The number of rotatable bonds is 3. The van der Waals surface area contributed by atoms with Gasteiger partial charge in [-0.05, 0) is 24.8 Å². The Morgan fingerprint density at radius 2 is 1.81 bits per heavy atom. The fourth-order valence-corrected chi connectivity index (χ4v) is 4.52. The van der Waals surface area contributed by atoms with Crippen LogP contribution in [-0.4, -0.2) is 71.6 Å². The molecule has 0 unspecified atom stereocenters. The highest BCUT2D eigenvalue weighted by Crippen LogP contribution is 2.37. The Bertz CT molecular complexity index is 645. The van der Waals surface area contributed by atoms with E-state index in [1.165, 1.54) is 5.56 Å². The maximum absolute atomic E-state index is 13.3. The molecule has 3 saturated heterocycles. The van der Waals surface area contributed by atoms with Crippen molar-refractivity contribution >= 4 is 18.3 Å². The minimum atomic E-state index is -0.796. The number of aliphatic hydroxyl groups is 2. The molecule has 150 valence electrons. The van der Waals surface area contributed by atoms with E-state index in [0.29, 0.717) is 19.5 Å². The number of hydrogen-bond donors (Lipinski definition) is 3. The van der Waals surface area contributed by atoms with Crippen LogP contribution in [0.2, 0.25) is 0 Å². The van der Waals surface area contributed by atoms with Gasteiger partial charge in [0.1, 0.15) is 6.10 Å². The summed E-state index contributed by atoms with van der Waals surface area (Å²) < 4.78 is 5.88. The van der Waals surface area contributed by atoms with E-state index in [4.69, 9.17) is 4.74 Å². The van der Waals surface area contributed by atoms with E-state index in [9.17, 15) is 15.0 Å². The lowest BCUT2D eigenvalue weighted by Crippen LogP contribution is -2.65. The zero-order valence-corrected chi connectivity index (χ0v) is 16.3. The van der Waals surface area contributed by atoms with E-state index >= 15 is 0 Å². The summed E-state index contributed by atoms with van der Waals surface area (Å²) >= 11 is 0. The number of carbonyl (C=O) groups is 1. The number of likely N-dealkylation sites (tertiary alicyclic amines) is 1. The lowest BCUT2D eigenvalue weighted by atomic mass is 9.74. The highest BCUT2D eigenvalue weighted by atomic mass is 35.5. The zero-order chi connectivity index (χ0) is 18.2. The summed E-state index contributed by atoms with van der Waals surface area (Å²) in [4.78, 5) is 15.2. The largest absolute Gasteiger partial charge is 0.390 e. The average molecular weight is 397 g/mol. The van der Waals surface area contributed by atoms with Gasteiger partial charge in [-0.1, -0.05) is 30.3 Å². The molecule has 1 amide bonds. The normalized spacial score (nSPS) is 28.9. The van der Waals surface area contributed by atoms with Crippen LogP contribution in [0.5, 0.6) is 0 Å². The Morgan fingerprint density at radius 1 is 1.15 bits per heavy atom. The number of ether oxygens (including phenoxy) is 1. The number of amides is 1. The molecule has 27 heavy (non-hydrogen) atoms. The molecule has 7 heteroatoms. The quantitative estimate of drug-likeness (QED) is 0.702. The van der Waals surface area contributed by atoms with Gasteiger partial charge in [0.2, 0.25) is 5.91 Å². The summed E-state index contributed by atoms with van der Waals surface area (Å²) in [6, 6.07) is 10.2. The molecule has 3 aliphatic rings. The molecule has 0 saturated carbocycles. The first-order valence-corrected chi connectivity index (χ1v) is 9.56. The van der Waals surface area contributed by atoms with Gasteiger partial charge in [0, 0.05) is 32.6 Å². The standard InChI is InChI=1S/C20H28N2O4.ClH/c23-16-11-20(26-12-17(16)24)6-8-22(9-7-20)18(25)19(13-21-14-19)10-15-4-2-1-3-5-15;/h1-5,16-17,21,23-24H,6-14H2;1H/t16-,17+;/m1./s1. The summed E-state index contributed by atoms with van der Waals surface area (Å²) in [5.74, 6) is 0.228. The zero-order valence-electron chi connectivity index (χ0n) is 15.5. The van der Waals surface area contributed by atoms with Crippen molar-refractivity contribution < 1.29 is 19.7 Å². The molecule has 3 aliphatic heterocycles. The molecular weight excluding hydrogens is 368 g/mol. The van der Waals surface area contributed by atoms with E-state index in [1.54, 1.807) is 0 Å². The van der Waals surface area contributed by atoms with Gasteiger partial charge in [-0.3, -0.25) is 4.79 Å². The molecule has 3 N–H and O–H groups in total. The van der Waals surface area contributed by atoms with Crippen molar-refractivity contribution in [1.82, 2.24) is 10.2 Å². The second kappa shape index (κ2) is 8.05. The van der Waals surface area contributed by atoms with Gasteiger partial charge in [0.15, 0.2) is 0 Å². The van der Waals surface area contributed by atoms with Crippen LogP contribution in [-0.2, 0) is 16.0 Å². The Hall–Kier alpha value is -1.18. The van der Waals surface area contributed by atoms with E-state index in [-0.39, 0.29) is 35.9 Å². The molecule has 0 aliphatic carbocycles. The number of carbonyl (C=O) groups excluding carboxylic acids is 1. The molecule has 1 aromatic carbocycles. The Kier molecular flexibility index (Phi) is 6.13. The molecule has 2 atom stereocenters. The van der Waals surface area contributed by atoms with Crippen LogP contribution in [0.25, 0.3) is 0 Å². The first-order valence-electron chi connectivity index (χ1n) is 9.56. The number of aliphatic hydroxyl groups excluding tert-OH is 2. The van der Waals surface area contributed by atoms with Crippen LogP contribution >= 0.6 is 12.4 Å². The molecule has 1 aromatic rings. The second-order valence-electron chi connectivity index (χ2n) is 8.17. The second-order valence-corrected chi connectivity index (χ2v) is 8.17. The molecular formula is C20H29ClN2O4. The van der Waals surface area contributed by atoms with Gasteiger partial charge in [0.05, 0.1) is 23.7 Å². The first-order chi connectivity index (χ1) is 12.5. The smallest absolute Gasteiger partial charge is 0.231 e. The third-order valence-electron chi connectivity index (χ3n) is 6.31. The van der Waals surface area contributed by atoms with Crippen molar-refractivity contribution in [2.24, 2.45) is 5.41 Å². The average Bonchev–Trinajstić information content (AvgIpc) is 2.63. The molecule has 4 rings (SSSR count). The monoisotopic (exact) mass is 396 g/mol. The van der Waals surface area contributed by atoms with Crippen LogP contribution in [0.4, 0.5) is 0 Å². The van der Waals surface area contributed by atoms with Gasteiger partial charge in [0.25, 0.3) is 0 Å². The molecule has 1 spiro atoms. The van der Waals surface area contributed by atoms with Crippen molar-refractivity contribution in [3.05, 3.63) is 35.9 Å². The van der Waals surface area contributed by atoms with Gasteiger partial charge in [-0.25, -0.2) is 0 Å².